The summed E-state index contributed by atoms with van der Waals surface area (Å²) in [6.07, 6.45) is 1.62. The van der Waals surface area contributed by atoms with E-state index in [1.54, 1.807) is 43.3 Å². The predicted molar refractivity (Wildman–Crippen MR) is 108 cm³/mol. The second kappa shape index (κ2) is 8.50. The molecule has 1 fully saturated rings. The number of thioether (sulfide) groups is 1. The number of ether oxygens (including phenoxy) is 1. The Hall–Kier alpha value is -2.77. The number of aromatic carboxylic acids is 1. The van der Waals surface area contributed by atoms with Crippen LogP contribution >= 0.6 is 23.4 Å². The smallest absolute Gasteiger partial charge is 0.335 e. The molecule has 0 unspecified atom stereocenters. The van der Waals surface area contributed by atoms with Crippen molar-refractivity contribution in [2.45, 2.75) is 13.5 Å². The van der Waals surface area contributed by atoms with Crippen molar-refractivity contribution < 1.29 is 24.2 Å². The van der Waals surface area contributed by atoms with Crippen molar-refractivity contribution in [3.05, 3.63) is 69.1 Å². The highest BCUT2D eigenvalue weighted by atomic mass is 35.5. The largest absolute Gasteiger partial charge is 0.487 e. The van der Waals surface area contributed by atoms with E-state index in [9.17, 15) is 14.4 Å². The molecule has 2 aromatic carbocycles. The van der Waals surface area contributed by atoms with E-state index >= 15 is 0 Å². The highest BCUT2D eigenvalue weighted by molar-refractivity contribution is 8.18. The number of carbonyl (C=O) groups excluding carboxylic acids is 2. The van der Waals surface area contributed by atoms with E-state index in [0.29, 0.717) is 33.3 Å². The van der Waals surface area contributed by atoms with Gasteiger partial charge in [0, 0.05) is 6.54 Å². The molecule has 144 valence electrons. The van der Waals surface area contributed by atoms with Crippen LogP contribution in [0, 0.1) is 0 Å². The molecule has 1 aliphatic heterocycles. The lowest BCUT2D eigenvalue weighted by Crippen LogP contribution is -2.27. The summed E-state index contributed by atoms with van der Waals surface area (Å²) < 4.78 is 5.68. The van der Waals surface area contributed by atoms with Crippen LogP contribution in [0.4, 0.5) is 4.79 Å². The molecule has 2 amide bonds. The van der Waals surface area contributed by atoms with E-state index in [4.69, 9.17) is 21.4 Å². The number of benzene rings is 2. The zero-order valence-electron chi connectivity index (χ0n) is 14.8. The number of rotatable bonds is 6. The molecule has 1 aliphatic rings. The zero-order chi connectivity index (χ0) is 20.3. The molecule has 28 heavy (non-hydrogen) atoms. The molecule has 0 saturated carbocycles. The van der Waals surface area contributed by atoms with Crippen LogP contribution < -0.4 is 4.74 Å². The summed E-state index contributed by atoms with van der Waals surface area (Å²) in [7, 11) is 0. The van der Waals surface area contributed by atoms with Gasteiger partial charge in [0.2, 0.25) is 0 Å². The molecule has 0 aromatic heterocycles. The van der Waals surface area contributed by atoms with E-state index in [0.717, 1.165) is 11.8 Å². The quantitative estimate of drug-likeness (QED) is 0.687. The molecule has 0 bridgehead atoms. The van der Waals surface area contributed by atoms with Gasteiger partial charge in [-0.1, -0.05) is 29.8 Å². The monoisotopic (exact) mass is 417 g/mol. The zero-order valence-corrected chi connectivity index (χ0v) is 16.4. The Kier molecular flexibility index (Phi) is 6.06. The maximum Gasteiger partial charge on any atom is 0.335 e. The molecule has 8 heteroatoms. The van der Waals surface area contributed by atoms with Gasteiger partial charge < -0.3 is 9.84 Å². The van der Waals surface area contributed by atoms with Crippen molar-refractivity contribution in [1.29, 1.82) is 0 Å². The maximum absolute atomic E-state index is 12.2. The van der Waals surface area contributed by atoms with Crippen LogP contribution in [-0.4, -0.2) is 33.7 Å². The second-order valence-electron chi connectivity index (χ2n) is 5.91. The van der Waals surface area contributed by atoms with E-state index in [1.807, 2.05) is 0 Å². The third kappa shape index (κ3) is 4.37. The minimum atomic E-state index is -1.00. The molecular formula is C20H16ClNO5S. The standard InChI is InChI=1S/C20H16ClNO5S/c1-2-22-18(23)17(28-20(22)26)10-12-6-7-16(15(21)9-12)27-11-13-4-3-5-14(8-13)19(24)25/h3-10H,2,11H2,1H3,(H,24,25)/b17-10-. The van der Waals surface area contributed by atoms with E-state index in [-0.39, 0.29) is 23.3 Å². The van der Waals surface area contributed by atoms with Gasteiger partial charge in [0.1, 0.15) is 12.4 Å². The average Bonchev–Trinajstić information content (AvgIpc) is 2.94. The Morgan fingerprint density at radius 3 is 2.68 bits per heavy atom. The number of carbonyl (C=O) groups is 3. The molecule has 1 saturated heterocycles. The first-order chi connectivity index (χ1) is 13.4. The van der Waals surface area contributed by atoms with Crippen molar-refractivity contribution >= 4 is 46.6 Å². The molecule has 1 N–H and O–H groups in total. The number of amides is 2. The fourth-order valence-electron chi connectivity index (χ4n) is 2.60. The maximum atomic E-state index is 12.2. The first-order valence-electron chi connectivity index (χ1n) is 8.39. The van der Waals surface area contributed by atoms with Gasteiger partial charge in [-0.3, -0.25) is 14.5 Å². The molecule has 0 spiro atoms. The Morgan fingerprint density at radius 1 is 1.25 bits per heavy atom. The summed E-state index contributed by atoms with van der Waals surface area (Å²) in [4.78, 5) is 36.5. The third-order valence-electron chi connectivity index (χ3n) is 4.01. The van der Waals surface area contributed by atoms with Gasteiger partial charge >= 0.3 is 5.97 Å². The Bertz CT molecular complexity index is 988. The topological polar surface area (TPSA) is 83.9 Å². The lowest BCUT2D eigenvalue weighted by atomic mass is 10.1. The molecular weight excluding hydrogens is 402 g/mol. The lowest BCUT2D eigenvalue weighted by Gasteiger charge is -2.09. The van der Waals surface area contributed by atoms with E-state index < -0.39 is 5.97 Å². The second-order valence-corrected chi connectivity index (χ2v) is 7.31. The predicted octanol–water partition coefficient (Wildman–Crippen LogP) is 4.67. The molecule has 6 nitrogen and oxygen atoms in total. The molecule has 0 atom stereocenters. The normalized spacial score (nSPS) is 15.4. The van der Waals surface area contributed by atoms with Gasteiger partial charge in [0.25, 0.3) is 11.1 Å². The minimum Gasteiger partial charge on any atom is -0.487 e. The van der Waals surface area contributed by atoms with Crippen LogP contribution in [-0.2, 0) is 11.4 Å². The Balaban J connectivity index is 1.72. The van der Waals surface area contributed by atoms with Crippen LogP contribution in [0.25, 0.3) is 6.08 Å². The van der Waals surface area contributed by atoms with Crippen LogP contribution in [0.5, 0.6) is 5.75 Å². The average molecular weight is 418 g/mol. The first kappa shape index (κ1) is 20.0. The summed E-state index contributed by atoms with van der Waals surface area (Å²) >= 11 is 7.17. The summed E-state index contributed by atoms with van der Waals surface area (Å²) in [5, 5.41) is 9.10. The summed E-state index contributed by atoms with van der Waals surface area (Å²) in [6, 6.07) is 11.5. The molecule has 0 radical (unpaired) electrons. The SMILES string of the molecule is CCN1C(=O)S/C(=C\c2ccc(OCc3cccc(C(=O)O)c3)c(Cl)c2)C1=O. The molecule has 1 heterocycles. The van der Waals surface area contributed by atoms with Crippen molar-refractivity contribution in [1.82, 2.24) is 4.90 Å². The van der Waals surface area contributed by atoms with E-state index in [1.165, 1.54) is 17.0 Å². The fourth-order valence-corrected chi connectivity index (χ4v) is 3.75. The van der Waals surface area contributed by atoms with Crippen LogP contribution in [0.15, 0.2) is 47.4 Å². The number of likely N-dealkylation sites (N-methyl/N-ethyl adjacent to an activating group) is 1. The van der Waals surface area contributed by atoms with E-state index in [2.05, 4.69) is 0 Å². The molecule has 0 aliphatic carbocycles. The number of imide groups is 1. The van der Waals surface area contributed by atoms with Gasteiger partial charge in [-0.2, -0.15) is 0 Å². The van der Waals surface area contributed by atoms with Gasteiger partial charge in [0.15, 0.2) is 0 Å². The van der Waals surface area contributed by atoms with Crippen molar-refractivity contribution in [2.24, 2.45) is 0 Å². The molecule has 2 aromatic rings. The summed E-state index contributed by atoms with van der Waals surface area (Å²) in [5.41, 5.74) is 1.56. The summed E-state index contributed by atoms with van der Waals surface area (Å²) in [5.74, 6) is -0.884. The van der Waals surface area contributed by atoms with Crippen molar-refractivity contribution in [3.63, 3.8) is 0 Å². The first-order valence-corrected chi connectivity index (χ1v) is 9.58. The van der Waals surface area contributed by atoms with Gasteiger partial charge in [-0.15, -0.1) is 0 Å². The van der Waals surface area contributed by atoms with Crippen LogP contribution in [0.2, 0.25) is 5.02 Å². The highest BCUT2D eigenvalue weighted by Crippen LogP contribution is 2.33. The number of carboxylic acids is 1. The van der Waals surface area contributed by atoms with Gasteiger partial charge in [-0.25, -0.2) is 4.79 Å². The molecule has 3 rings (SSSR count). The summed E-state index contributed by atoms with van der Waals surface area (Å²) in [6.45, 7) is 2.24. The Morgan fingerprint density at radius 2 is 2.04 bits per heavy atom. The third-order valence-corrected chi connectivity index (χ3v) is 5.21. The number of carboxylic acid groups (broad SMARTS) is 1. The fraction of sp³-hybridized carbons (Fsp3) is 0.150. The van der Waals surface area contributed by atoms with Crippen molar-refractivity contribution in [2.75, 3.05) is 6.54 Å². The number of nitrogens with zero attached hydrogens (tertiary/aromatic N) is 1. The Labute approximate surface area is 170 Å². The van der Waals surface area contributed by atoms with Crippen LogP contribution in [0.1, 0.15) is 28.4 Å². The number of hydrogen-bond donors (Lipinski definition) is 1. The van der Waals surface area contributed by atoms with Crippen LogP contribution in [0.3, 0.4) is 0 Å². The minimum absolute atomic E-state index is 0.162. The number of hydrogen-bond acceptors (Lipinski definition) is 5. The highest BCUT2D eigenvalue weighted by Gasteiger charge is 2.33. The number of halogens is 1. The van der Waals surface area contributed by atoms with Gasteiger partial charge in [0.05, 0.1) is 15.5 Å². The van der Waals surface area contributed by atoms with Gasteiger partial charge in [-0.05, 0) is 60.2 Å². The van der Waals surface area contributed by atoms with Crippen molar-refractivity contribution in [3.8, 4) is 5.75 Å². The lowest BCUT2D eigenvalue weighted by molar-refractivity contribution is -0.122.